The molecule has 2 aromatic carbocycles. The van der Waals surface area contributed by atoms with Gasteiger partial charge >= 0.3 is 12.0 Å². The van der Waals surface area contributed by atoms with Crippen molar-refractivity contribution in [3.8, 4) is 5.75 Å². The number of esters is 1. The molecule has 2 aliphatic heterocycles. The number of halogens is 1. The number of hydrogen-bond acceptors (Lipinski definition) is 6. The molecule has 180 valence electrons. The van der Waals surface area contributed by atoms with E-state index in [0.29, 0.717) is 23.4 Å². The Morgan fingerprint density at radius 2 is 1.85 bits per heavy atom. The van der Waals surface area contributed by atoms with Crippen molar-refractivity contribution in [2.24, 2.45) is 0 Å². The lowest BCUT2D eigenvalue weighted by molar-refractivity contribution is -0.139. The van der Waals surface area contributed by atoms with Gasteiger partial charge in [-0.25, -0.2) is 14.0 Å². The van der Waals surface area contributed by atoms with Crippen molar-refractivity contribution in [1.29, 1.82) is 0 Å². The number of amides is 2. The number of hydrogen-bond donors (Lipinski definition) is 2. The third-order valence-electron chi connectivity index (χ3n) is 6.02. The quantitative estimate of drug-likeness (QED) is 0.608. The summed E-state index contributed by atoms with van der Waals surface area (Å²) in [5.41, 5.74) is 2.55. The Morgan fingerprint density at radius 1 is 1.12 bits per heavy atom. The molecule has 2 amide bonds. The van der Waals surface area contributed by atoms with Crippen molar-refractivity contribution >= 4 is 17.7 Å². The van der Waals surface area contributed by atoms with Crippen LogP contribution in [0.4, 0.5) is 14.9 Å². The molecule has 0 bridgehead atoms. The first-order valence-corrected chi connectivity index (χ1v) is 11.3. The minimum absolute atomic E-state index is 0.207. The van der Waals surface area contributed by atoms with Gasteiger partial charge in [0.05, 0.1) is 25.3 Å². The minimum atomic E-state index is -0.721. The highest BCUT2D eigenvalue weighted by Crippen LogP contribution is 2.29. The number of nitrogens with one attached hydrogen (secondary N) is 2. The molecule has 1 atom stereocenters. The normalized spacial score (nSPS) is 18.9. The second kappa shape index (κ2) is 10.6. The predicted molar refractivity (Wildman–Crippen MR) is 126 cm³/mol. The van der Waals surface area contributed by atoms with Gasteiger partial charge in [-0.2, -0.15) is 0 Å². The maximum atomic E-state index is 13.5. The fourth-order valence-corrected chi connectivity index (χ4v) is 4.29. The molecule has 0 aliphatic carbocycles. The first-order valence-electron chi connectivity index (χ1n) is 11.3. The second-order valence-corrected chi connectivity index (χ2v) is 8.16. The lowest BCUT2D eigenvalue weighted by Gasteiger charge is -2.38. The van der Waals surface area contributed by atoms with Crippen molar-refractivity contribution in [2.45, 2.75) is 13.0 Å². The topological polar surface area (TPSA) is 83.1 Å². The van der Waals surface area contributed by atoms with Crippen LogP contribution in [0.1, 0.15) is 18.5 Å². The first kappa shape index (κ1) is 23.6. The summed E-state index contributed by atoms with van der Waals surface area (Å²) < 4.78 is 24.1. The first-order chi connectivity index (χ1) is 16.5. The molecule has 0 spiro atoms. The number of carbonyl (C=O) groups excluding carboxylic acids is 2. The van der Waals surface area contributed by atoms with E-state index in [9.17, 15) is 14.0 Å². The van der Waals surface area contributed by atoms with E-state index in [-0.39, 0.29) is 12.4 Å². The summed E-state index contributed by atoms with van der Waals surface area (Å²) >= 11 is 0. The number of piperazine rings is 1. The van der Waals surface area contributed by atoms with Gasteiger partial charge in [0.1, 0.15) is 11.6 Å². The van der Waals surface area contributed by atoms with E-state index in [1.165, 1.54) is 12.1 Å². The number of methoxy groups -OCH3 is 1. The standard InChI is InChI=1S/C25H29FN4O4/c1-3-34-24(31)22-21(27-25(32)28-23(22)17-7-9-18(26)10-8-17)16-29-11-13-30(14-12-29)19-5-4-6-20(15-19)33-2/h4-10,15,23H,3,11-14,16H2,1-2H3,(H2,27,28,32)/t23-/m0/s1. The molecule has 2 aliphatic rings. The predicted octanol–water partition coefficient (Wildman–Crippen LogP) is 2.83. The summed E-state index contributed by atoms with van der Waals surface area (Å²) in [7, 11) is 1.65. The van der Waals surface area contributed by atoms with E-state index in [2.05, 4.69) is 26.5 Å². The Bertz CT molecular complexity index is 1060. The summed E-state index contributed by atoms with van der Waals surface area (Å²) in [6, 6.07) is 12.6. The van der Waals surface area contributed by atoms with Crippen molar-refractivity contribution in [3.05, 3.63) is 71.2 Å². The molecule has 0 radical (unpaired) electrons. The number of nitrogens with zero attached hydrogens (tertiary/aromatic N) is 2. The molecule has 0 unspecified atom stereocenters. The molecule has 4 rings (SSSR count). The molecular weight excluding hydrogens is 439 g/mol. The molecular formula is C25H29FN4O4. The molecule has 1 fully saturated rings. The Kier molecular flexibility index (Phi) is 7.32. The van der Waals surface area contributed by atoms with Crippen LogP contribution in [0.25, 0.3) is 0 Å². The summed E-state index contributed by atoms with van der Waals surface area (Å²) in [5, 5.41) is 5.58. The van der Waals surface area contributed by atoms with Gasteiger partial charge in [0, 0.05) is 50.2 Å². The van der Waals surface area contributed by atoms with Crippen LogP contribution in [-0.4, -0.2) is 63.3 Å². The van der Waals surface area contributed by atoms with E-state index in [4.69, 9.17) is 9.47 Å². The van der Waals surface area contributed by atoms with Crippen LogP contribution >= 0.6 is 0 Å². The van der Waals surface area contributed by atoms with E-state index >= 15 is 0 Å². The number of rotatable bonds is 7. The van der Waals surface area contributed by atoms with Gasteiger partial charge in [0.25, 0.3) is 0 Å². The van der Waals surface area contributed by atoms with Crippen LogP contribution in [0.5, 0.6) is 5.75 Å². The highest BCUT2D eigenvalue weighted by molar-refractivity contribution is 5.95. The second-order valence-electron chi connectivity index (χ2n) is 8.16. The van der Waals surface area contributed by atoms with Crippen molar-refractivity contribution < 1.29 is 23.5 Å². The number of ether oxygens (including phenoxy) is 2. The molecule has 2 heterocycles. The molecule has 0 saturated carbocycles. The molecule has 0 aromatic heterocycles. The Morgan fingerprint density at radius 3 is 2.53 bits per heavy atom. The molecule has 1 saturated heterocycles. The van der Waals surface area contributed by atoms with Crippen molar-refractivity contribution in [2.75, 3.05) is 51.3 Å². The van der Waals surface area contributed by atoms with Crippen LogP contribution in [-0.2, 0) is 9.53 Å². The summed E-state index contributed by atoms with van der Waals surface area (Å²) in [6.07, 6.45) is 0. The van der Waals surface area contributed by atoms with Gasteiger partial charge in [-0.15, -0.1) is 0 Å². The van der Waals surface area contributed by atoms with Crippen LogP contribution in [0.15, 0.2) is 59.8 Å². The Balaban J connectivity index is 1.54. The van der Waals surface area contributed by atoms with Gasteiger partial charge in [-0.3, -0.25) is 4.90 Å². The highest BCUT2D eigenvalue weighted by Gasteiger charge is 2.34. The van der Waals surface area contributed by atoms with Crippen LogP contribution < -0.4 is 20.3 Å². The van der Waals surface area contributed by atoms with Gasteiger partial charge < -0.3 is 25.0 Å². The molecule has 2 N–H and O–H groups in total. The van der Waals surface area contributed by atoms with E-state index < -0.39 is 18.0 Å². The molecule has 9 heteroatoms. The Hall–Kier alpha value is -3.59. The molecule has 2 aromatic rings. The summed E-state index contributed by atoms with van der Waals surface area (Å²) in [5.74, 6) is -0.0810. The number of urea groups is 1. The van der Waals surface area contributed by atoms with Crippen molar-refractivity contribution in [1.82, 2.24) is 15.5 Å². The summed E-state index contributed by atoms with van der Waals surface area (Å²) in [6.45, 7) is 5.43. The zero-order chi connectivity index (χ0) is 24.1. The molecule has 8 nitrogen and oxygen atoms in total. The lowest BCUT2D eigenvalue weighted by atomic mass is 9.95. The third kappa shape index (κ3) is 5.31. The fourth-order valence-electron chi connectivity index (χ4n) is 4.29. The van der Waals surface area contributed by atoms with Crippen LogP contribution in [0, 0.1) is 5.82 Å². The largest absolute Gasteiger partial charge is 0.497 e. The van der Waals surface area contributed by atoms with Gasteiger partial charge in [-0.05, 0) is 36.8 Å². The van der Waals surface area contributed by atoms with Crippen LogP contribution in [0.2, 0.25) is 0 Å². The van der Waals surface area contributed by atoms with Crippen LogP contribution in [0.3, 0.4) is 0 Å². The van der Waals surface area contributed by atoms with Gasteiger partial charge in [0.2, 0.25) is 0 Å². The number of anilines is 1. The zero-order valence-electron chi connectivity index (χ0n) is 19.3. The molecule has 34 heavy (non-hydrogen) atoms. The fraction of sp³-hybridized carbons (Fsp3) is 0.360. The van der Waals surface area contributed by atoms with Gasteiger partial charge in [-0.1, -0.05) is 18.2 Å². The minimum Gasteiger partial charge on any atom is -0.497 e. The monoisotopic (exact) mass is 468 g/mol. The van der Waals surface area contributed by atoms with Crippen molar-refractivity contribution in [3.63, 3.8) is 0 Å². The number of carbonyl (C=O) groups is 2. The average molecular weight is 469 g/mol. The SMILES string of the molecule is CCOC(=O)C1=C(CN2CCN(c3cccc(OC)c3)CC2)NC(=O)N[C@H]1c1ccc(F)cc1. The third-order valence-corrected chi connectivity index (χ3v) is 6.02. The van der Waals surface area contributed by atoms with E-state index in [1.54, 1.807) is 26.2 Å². The van der Waals surface area contributed by atoms with E-state index in [0.717, 1.165) is 37.6 Å². The average Bonchev–Trinajstić information content (AvgIpc) is 2.85. The Labute approximate surface area is 198 Å². The highest BCUT2D eigenvalue weighted by atomic mass is 19.1. The maximum absolute atomic E-state index is 13.5. The lowest BCUT2D eigenvalue weighted by Crippen LogP contribution is -2.51. The maximum Gasteiger partial charge on any atom is 0.338 e. The number of benzene rings is 2. The van der Waals surface area contributed by atoms with E-state index in [1.807, 2.05) is 18.2 Å². The summed E-state index contributed by atoms with van der Waals surface area (Å²) in [4.78, 5) is 29.9. The van der Waals surface area contributed by atoms with Gasteiger partial charge in [0.15, 0.2) is 0 Å². The smallest absolute Gasteiger partial charge is 0.338 e. The zero-order valence-corrected chi connectivity index (χ0v) is 19.3.